The molecule has 0 unspecified atom stereocenters. The Hall–Kier alpha value is -5.73. The van der Waals surface area contributed by atoms with Gasteiger partial charge in [-0.25, -0.2) is 0 Å². The van der Waals surface area contributed by atoms with Gasteiger partial charge in [-0.3, -0.25) is 0 Å². The van der Waals surface area contributed by atoms with Gasteiger partial charge in [-0.1, -0.05) is 120 Å². The van der Waals surface area contributed by atoms with Gasteiger partial charge in [0.1, 0.15) is 0 Å². The van der Waals surface area contributed by atoms with Gasteiger partial charge in [-0.05, 0) is 81.2 Å². The monoisotopic (exact) mass is 604 g/mol. The third kappa shape index (κ3) is 2.64. The lowest BCUT2D eigenvalue weighted by Crippen LogP contribution is -2.60. The number of fused-ring (bicyclic) bond motifs is 15. The Balaban J connectivity index is 1.22. The molecule has 0 spiro atoms. The van der Waals surface area contributed by atoms with Gasteiger partial charge >= 0.3 is 0 Å². The summed E-state index contributed by atoms with van der Waals surface area (Å²) in [5.74, 6) is 0. The minimum atomic E-state index is 0.250. The van der Waals surface area contributed by atoms with Crippen molar-refractivity contribution < 1.29 is 0 Å². The second-order valence-electron chi connectivity index (χ2n) is 14.3. The second-order valence-corrected chi connectivity index (χ2v) is 14.3. The zero-order valence-corrected chi connectivity index (χ0v) is 26.2. The molecule has 0 saturated heterocycles. The van der Waals surface area contributed by atoms with Crippen molar-refractivity contribution in [2.45, 2.75) is 12.8 Å². The third-order valence-corrected chi connectivity index (χ3v) is 12.3. The first kappa shape index (κ1) is 24.4. The first-order chi connectivity index (χ1) is 23.8. The molecular weight excluding hydrogens is 578 g/mol. The van der Waals surface area contributed by atoms with Gasteiger partial charge in [-0.15, -0.1) is 0 Å². The number of rotatable bonds is 0. The lowest BCUT2D eigenvalue weighted by molar-refractivity contribution is 1.14. The Morgan fingerprint density at radius 3 is 1.29 bits per heavy atom. The normalized spacial score (nSPS) is 14.4. The summed E-state index contributed by atoms with van der Waals surface area (Å²) in [7, 11) is 0. The highest BCUT2D eigenvalue weighted by Crippen LogP contribution is 2.43. The van der Waals surface area contributed by atoms with Crippen LogP contribution in [0, 0.1) is 0 Å². The van der Waals surface area contributed by atoms with E-state index in [0.29, 0.717) is 0 Å². The van der Waals surface area contributed by atoms with E-state index in [1.54, 1.807) is 0 Å². The fraction of sp³-hybridized carbons (Fsp3) is 0.0455. The Morgan fingerprint density at radius 1 is 0.375 bits per heavy atom. The molecule has 4 heteroatoms. The molecular formula is C44H26B2N2. The molecule has 13 rings (SSSR count). The van der Waals surface area contributed by atoms with Crippen molar-refractivity contribution >= 4 is 89.8 Å². The van der Waals surface area contributed by atoms with E-state index >= 15 is 0 Å². The third-order valence-electron chi connectivity index (χ3n) is 12.3. The number of hydrogen-bond acceptors (Lipinski definition) is 0. The lowest BCUT2D eigenvalue weighted by Gasteiger charge is -2.33. The van der Waals surface area contributed by atoms with Gasteiger partial charge in [0.25, 0.3) is 0 Å². The maximum Gasteiger partial charge on any atom is 0.247 e. The zero-order valence-electron chi connectivity index (χ0n) is 26.2. The molecule has 0 N–H and O–H groups in total. The van der Waals surface area contributed by atoms with Crippen LogP contribution in [0.1, 0.15) is 22.3 Å². The SMILES string of the molecule is c1ccc2c(c1)Cc1cccc3c1B2c1cccc2c4c5c6cccc7c6n(c5ccc4n-3c12)-c1cccc2c1B7c1ccccc1C2. The predicted octanol–water partition coefficient (Wildman–Crippen LogP) is 5.35. The molecule has 6 heterocycles. The van der Waals surface area contributed by atoms with Crippen molar-refractivity contribution in [2.75, 3.05) is 0 Å². The Kier molecular flexibility index (Phi) is 4.18. The number of aromatic nitrogens is 2. The van der Waals surface area contributed by atoms with Gasteiger partial charge in [0.15, 0.2) is 0 Å². The van der Waals surface area contributed by atoms with Crippen molar-refractivity contribution in [3.8, 4) is 11.4 Å². The highest BCUT2D eigenvalue weighted by atomic mass is 15.0. The van der Waals surface area contributed by atoms with Crippen LogP contribution in [0.3, 0.4) is 0 Å². The number of nitrogens with zero attached hydrogens (tertiary/aromatic N) is 2. The van der Waals surface area contributed by atoms with Crippen LogP contribution >= 0.6 is 0 Å². The predicted molar refractivity (Wildman–Crippen MR) is 203 cm³/mol. The second kappa shape index (κ2) is 8.21. The summed E-state index contributed by atoms with van der Waals surface area (Å²) in [6, 6.07) is 51.2. The fourth-order valence-electron chi connectivity index (χ4n) is 10.6. The smallest absolute Gasteiger partial charge is 0.247 e. The van der Waals surface area contributed by atoms with E-state index in [4.69, 9.17) is 0 Å². The van der Waals surface area contributed by atoms with Crippen molar-refractivity contribution in [3.63, 3.8) is 0 Å². The highest BCUT2D eigenvalue weighted by Gasteiger charge is 2.41. The molecule has 0 radical (unpaired) electrons. The molecule has 218 valence electrons. The van der Waals surface area contributed by atoms with Crippen molar-refractivity contribution in [1.82, 2.24) is 9.13 Å². The molecule has 0 aliphatic carbocycles. The van der Waals surface area contributed by atoms with Crippen LogP contribution in [0.4, 0.5) is 0 Å². The van der Waals surface area contributed by atoms with Crippen LogP contribution in [0.2, 0.25) is 0 Å². The van der Waals surface area contributed by atoms with Crippen LogP contribution in [-0.4, -0.2) is 22.6 Å². The fourth-order valence-corrected chi connectivity index (χ4v) is 10.6. The summed E-state index contributed by atoms with van der Waals surface area (Å²) < 4.78 is 5.21. The molecule has 2 nitrogen and oxygen atoms in total. The first-order valence-corrected chi connectivity index (χ1v) is 17.3. The Labute approximate surface area is 278 Å². The van der Waals surface area contributed by atoms with E-state index < -0.39 is 0 Å². The molecule has 4 aliphatic rings. The van der Waals surface area contributed by atoms with E-state index in [2.05, 4.69) is 143 Å². The summed E-state index contributed by atoms with van der Waals surface area (Å²) >= 11 is 0. The van der Waals surface area contributed by atoms with E-state index in [1.807, 2.05) is 0 Å². The molecule has 0 amide bonds. The van der Waals surface area contributed by atoms with Crippen molar-refractivity contribution in [1.29, 1.82) is 0 Å². The topological polar surface area (TPSA) is 9.86 Å². The van der Waals surface area contributed by atoms with Gasteiger partial charge in [-0.2, -0.15) is 0 Å². The summed E-state index contributed by atoms with van der Waals surface area (Å²) in [4.78, 5) is 0. The molecule has 0 saturated carbocycles. The average Bonchev–Trinajstić information content (AvgIpc) is 3.66. The van der Waals surface area contributed by atoms with Crippen molar-refractivity contribution in [2.24, 2.45) is 0 Å². The van der Waals surface area contributed by atoms with Crippen LogP contribution in [0.5, 0.6) is 0 Å². The molecule has 0 fully saturated rings. The van der Waals surface area contributed by atoms with E-state index in [9.17, 15) is 0 Å². The van der Waals surface area contributed by atoms with Crippen LogP contribution in [0.25, 0.3) is 55.0 Å². The van der Waals surface area contributed by atoms with Gasteiger partial charge < -0.3 is 9.13 Å². The number of benzene rings is 7. The van der Waals surface area contributed by atoms with Gasteiger partial charge in [0, 0.05) is 44.0 Å². The Bertz CT molecular complexity index is 2780. The largest absolute Gasteiger partial charge is 0.310 e. The first-order valence-electron chi connectivity index (χ1n) is 17.3. The summed E-state index contributed by atoms with van der Waals surface area (Å²) in [6.45, 7) is 0.500. The minimum Gasteiger partial charge on any atom is -0.310 e. The lowest BCUT2D eigenvalue weighted by atomic mass is 9.32. The molecule has 2 aromatic heterocycles. The van der Waals surface area contributed by atoms with Gasteiger partial charge in [0.05, 0.1) is 11.0 Å². The van der Waals surface area contributed by atoms with E-state index in [1.165, 1.54) is 110 Å². The molecule has 4 aliphatic heterocycles. The molecule has 0 atom stereocenters. The summed E-state index contributed by atoms with van der Waals surface area (Å²) in [6.07, 6.45) is 1.99. The highest BCUT2D eigenvalue weighted by molar-refractivity contribution is 6.99. The average molecular weight is 604 g/mol. The molecule has 0 bridgehead atoms. The quantitative estimate of drug-likeness (QED) is 0.207. The molecule has 9 aromatic rings. The number of hydrogen-bond donors (Lipinski definition) is 0. The van der Waals surface area contributed by atoms with Crippen molar-refractivity contribution in [3.05, 3.63) is 156 Å². The van der Waals surface area contributed by atoms with Crippen LogP contribution in [-0.2, 0) is 12.8 Å². The number of para-hydroxylation sites is 2. The molecule has 7 aromatic carbocycles. The van der Waals surface area contributed by atoms with Crippen LogP contribution < -0.4 is 32.8 Å². The Morgan fingerprint density at radius 2 is 0.792 bits per heavy atom. The minimum absolute atomic E-state index is 0.250. The summed E-state index contributed by atoms with van der Waals surface area (Å²) in [5, 5.41) is 5.47. The van der Waals surface area contributed by atoms with E-state index in [-0.39, 0.29) is 13.4 Å². The standard InChI is InChI=1S/C44H26B2N2/c1-3-15-31-25(9-1)23-27-11-5-19-37-41(27)45(31)33-17-7-13-29-39-35(47(37)43(29)33)21-22-36-40(39)30-14-8-18-34-44(30)48(36)38-20-6-12-28-24-26-10-2-4-16-32(26)46(34)42(28)38/h1-22H,23-24H2. The van der Waals surface area contributed by atoms with Crippen LogP contribution in [0.15, 0.2) is 133 Å². The molecule has 48 heavy (non-hydrogen) atoms. The maximum atomic E-state index is 2.61. The van der Waals surface area contributed by atoms with Gasteiger partial charge in [0.2, 0.25) is 13.4 Å². The zero-order chi connectivity index (χ0) is 30.8. The maximum absolute atomic E-state index is 2.61. The van der Waals surface area contributed by atoms with E-state index in [0.717, 1.165) is 12.8 Å². The summed E-state index contributed by atoms with van der Waals surface area (Å²) in [5.41, 5.74) is 22.6.